The number of anilines is 3. The highest BCUT2D eigenvalue weighted by atomic mass is 35.5. The summed E-state index contributed by atoms with van der Waals surface area (Å²) in [7, 11) is 1.61. The largest absolute Gasteiger partial charge is 0.495 e. The Morgan fingerprint density at radius 2 is 2.00 bits per heavy atom. The molecule has 0 unspecified atom stereocenters. The minimum absolute atomic E-state index is 0.628. The zero-order valence-electron chi connectivity index (χ0n) is 14.8. The minimum atomic E-state index is 0.628. The second kappa shape index (κ2) is 7.84. The molecule has 25 heavy (non-hydrogen) atoms. The molecule has 1 N–H and O–H groups in total. The number of nitrogens with one attached hydrogen (secondary N) is 1. The van der Waals surface area contributed by atoms with Gasteiger partial charge >= 0.3 is 0 Å². The van der Waals surface area contributed by atoms with Crippen LogP contribution >= 0.6 is 11.6 Å². The molecule has 2 heterocycles. The average molecular weight is 363 g/mol. The summed E-state index contributed by atoms with van der Waals surface area (Å²) in [5.74, 6) is 1.93. The summed E-state index contributed by atoms with van der Waals surface area (Å²) in [6.45, 7) is 9.04. The summed E-state index contributed by atoms with van der Waals surface area (Å²) in [5.41, 5.74) is 1.76. The molecule has 134 valence electrons. The zero-order valence-corrected chi connectivity index (χ0v) is 15.5. The Morgan fingerprint density at radius 3 is 2.68 bits per heavy atom. The van der Waals surface area contributed by atoms with E-state index in [0.29, 0.717) is 22.5 Å². The quantitative estimate of drug-likeness (QED) is 0.877. The van der Waals surface area contributed by atoms with Gasteiger partial charge in [0.25, 0.3) is 0 Å². The van der Waals surface area contributed by atoms with Gasteiger partial charge in [-0.25, -0.2) is 0 Å². The van der Waals surface area contributed by atoms with Crippen molar-refractivity contribution in [3.63, 3.8) is 0 Å². The van der Waals surface area contributed by atoms with Gasteiger partial charge in [0.1, 0.15) is 5.75 Å². The number of aryl methyl sites for hydroxylation is 1. The Hall–Kier alpha value is -2.12. The predicted molar refractivity (Wildman–Crippen MR) is 100 cm³/mol. The maximum absolute atomic E-state index is 6.16. The van der Waals surface area contributed by atoms with Crippen LogP contribution < -0.4 is 15.0 Å². The smallest absolute Gasteiger partial charge is 0.247 e. The number of halogens is 1. The molecule has 0 amide bonds. The summed E-state index contributed by atoms with van der Waals surface area (Å²) < 4.78 is 5.40. The highest BCUT2D eigenvalue weighted by Crippen LogP contribution is 2.32. The van der Waals surface area contributed by atoms with E-state index in [2.05, 4.69) is 37.2 Å². The molecule has 3 rings (SSSR count). The van der Waals surface area contributed by atoms with E-state index in [1.165, 1.54) is 0 Å². The topological polar surface area (TPSA) is 66.4 Å². The number of benzene rings is 1. The molecule has 1 fully saturated rings. The number of hydrogen-bond acceptors (Lipinski definition) is 7. The van der Waals surface area contributed by atoms with Crippen LogP contribution in [0.1, 0.15) is 12.5 Å². The van der Waals surface area contributed by atoms with Gasteiger partial charge in [0.05, 0.1) is 19.0 Å². The van der Waals surface area contributed by atoms with E-state index < -0.39 is 0 Å². The summed E-state index contributed by atoms with van der Waals surface area (Å²) in [4.78, 5) is 9.18. The maximum atomic E-state index is 6.16. The van der Waals surface area contributed by atoms with E-state index in [0.717, 1.165) is 44.0 Å². The number of piperazine rings is 1. The first-order valence-corrected chi connectivity index (χ1v) is 8.76. The van der Waals surface area contributed by atoms with Crippen molar-refractivity contribution in [2.75, 3.05) is 50.1 Å². The third kappa shape index (κ3) is 4.11. The van der Waals surface area contributed by atoms with Gasteiger partial charge in [-0.05, 0) is 25.1 Å². The molecule has 1 saturated heterocycles. The minimum Gasteiger partial charge on any atom is -0.495 e. The summed E-state index contributed by atoms with van der Waals surface area (Å²) >= 11 is 6.16. The van der Waals surface area contributed by atoms with Crippen LogP contribution in [0.2, 0.25) is 5.02 Å². The van der Waals surface area contributed by atoms with Crippen LogP contribution in [0.3, 0.4) is 0 Å². The summed E-state index contributed by atoms with van der Waals surface area (Å²) in [5, 5.41) is 12.2. The number of ether oxygens (including phenoxy) is 1. The van der Waals surface area contributed by atoms with Crippen molar-refractivity contribution in [2.24, 2.45) is 0 Å². The van der Waals surface area contributed by atoms with Crippen LogP contribution in [-0.4, -0.2) is 59.9 Å². The number of methoxy groups -OCH3 is 1. The van der Waals surface area contributed by atoms with Gasteiger partial charge in [-0.2, -0.15) is 10.1 Å². The Bertz CT molecular complexity index is 733. The van der Waals surface area contributed by atoms with Gasteiger partial charge in [-0.3, -0.25) is 0 Å². The molecule has 0 spiro atoms. The molecular weight excluding hydrogens is 340 g/mol. The number of rotatable bonds is 5. The van der Waals surface area contributed by atoms with Crippen LogP contribution in [0.4, 0.5) is 17.5 Å². The van der Waals surface area contributed by atoms with Crippen molar-refractivity contribution in [3.8, 4) is 5.75 Å². The lowest BCUT2D eigenvalue weighted by Gasteiger charge is -2.33. The number of nitrogens with zero attached hydrogens (tertiary/aromatic N) is 5. The highest BCUT2D eigenvalue weighted by molar-refractivity contribution is 6.31. The zero-order chi connectivity index (χ0) is 17.8. The SMILES string of the molecule is CCN1CCN(c2nncc(Nc3cc(C)c(Cl)cc3OC)n2)CC1. The molecule has 2 aromatic rings. The van der Waals surface area contributed by atoms with E-state index in [4.69, 9.17) is 16.3 Å². The second-order valence-electron chi connectivity index (χ2n) is 5.99. The molecule has 0 bridgehead atoms. The Balaban J connectivity index is 1.78. The van der Waals surface area contributed by atoms with E-state index in [1.807, 2.05) is 13.0 Å². The fraction of sp³-hybridized carbons (Fsp3) is 0.471. The van der Waals surface area contributed by atoms with Crippen molar-refractivity contribution in [1.29, 1.82) is 0 Å². The normalized spacial score (nSPS) is 15.3. The Kier molecular flexibility index (Phi) is 5.55. The third-order valence-corrected chi connectivity index (χ3v) is 4.80. The molecule has 7 nitrogen and oxygen atoms in total. The van der Waals surface area contributed by atoms with Crippen molar-refractivity contribution in [1.82, 2.24) is 20.1 Å². The highest BCUT2D eigenvalue weighted by Gasteiger charge is 2.18. The molecule has 1 aromatic carbocycles. The fourth-order valence-corrected chi connectivity index (χ4v) is 2.97. The van der Waals surface area contributed by atoms with Crippen molar-refractivity contribution in [2.45, 2.75) is 13.8 Å². The van der Waals surface area contributed by atoms with Gasteiger partial charge in [-0.1, -0.05) is 18.5 Å². The van der Waals surface area contributed by atoms with Gasteiger partial charge < -0.3 is 19.9 Å². The lowest BCUT2D eigenvalue weighted by atomic mass is 10.2. The molecule has 1 aliphatic heterocycles. The Morgan fingerprint density at radius 1 is 1.24 bits per heavy atom. The predicted octanol–water partition coefficient (Wildman–Crippen LogP) is 2.73. The lowest BCUT2D eigenvalue weighted by molar-refractivity contribution is 0.269. The van der Waals surface area contributed by atoms with Gasteiger partial charge in [0, 0.05) is 37.3 Å². The average Bonchev–Trinajstić information content (AvgIpc) is 2.65. The van der Waals surface area contributed by atoms with Gasteiger partial charge in [-0.15, -0.1) is 5.10 Å². The summed E-state index contributed by atoms with van der Waals surface area (Å²) in [6.07, 6.45) is 1.61. The van der Waals surface area contributed by atoms with Crippen molar-refractivity contribution >= 4 is 29.1 Å². The number of aromatic nitrogens is 3. The molecule has 0 atom stereocenters. The fourth-order valence-electron chi connectivity index (χ4n) is 2.82. The molecule has 8 heteroatoms. The monoisotopic (exact) mass is 362 g/mol. The lowest BCUT2D eigenvalue weighted by Crippen LogP contribution is -2.46. The molecule has 0 aliphatic carbocycles. The van der Waals surface area contributed by atoms with Gasteiger partial charge in [0.2, 0.25) is 5.95 Å². The third-order valence-electron chi connectivity index (χ3n) is 4.39. The molecular formula is C17H23ClN6O. The number of likely N-dealkylation sites (N-methyl/N-ethyl adjacent to an activating group) is 1. The van der Waals surface area contributed by atoms with Crippen LogP contribution in [0.25, 0.3) is 0 Å². The maximum Gasteiger partial charge on any atom is 0.247 e. The molecule has 1 aromatic heterocycles. The van der Waals surface area contributed by atoms with Crippen LogP contribution in [0.5, 0.6) is 5.75 Å². The van der Waals surface area contributed by atoms with E-state index >= 15 is 0 Å². The summed E-state index contributed by atoms with van der Waals surface area (Å²) in [6, 6.07) is 3.72. The van der Waals surface area contributed by atoms with Crippen molar-refractivity contribution in [3.05, 3.63) is 28.9 Å². The first-order valence-electron chi connectivity index (χ1n) is 8.39. The van der Waals surface area contributed by atoms with Crippen LogP contribution in [-0.2, 0) is 0 Å². The Labute approximate surface area is 153 Å². The van der Waals surface area contributed by atoms with Crippen molar-refractivity contribution < 1.29 is 4.74 Å². The molecule has 0 radical (unpaired) electrons. The molecule has 0 saturated carbocycles. The van der Waals surface area contributed by atoms with E-state index in [9.17, 15) is 0 Å². The molecule has 1 aliphatic rings. The van der Waals surface area contributed by atoms with Crippen LogP contribution in [0.15, 0.2) is 18.3 Å². The first kappa shape index (κ1) is 17.7. The number of hydrogen-bond donors (Lipinski definition) is 1. The van der Waals surface area contributed by atoms with Gasteiger partial charge in [0.15, 0.2) is 5.82 Å². The first-order chi connectivity index (χ1) is 12.1. The van der Waals surface area contributed by atoms with E-state index in [-0.39, 0.29) is 0 Å². The van der Waals surface area contributed by atoms with E-state index in [1.54, 1.807) is 19.4 Å². The second-order valence-corrected chi connectivity index (χ2v) is 6.40. The standard InChI is InChI=1S/C17H23ClN6O/c1-4-23-5-7-24(8-6-23)17-21-16(11-19-22-17)20-14-9-12(2)13(18)10-15(14)25-3/h9-11H,4-8H2,1-3H3,(H,20,21,22). The van der Waals surface area contributed by atoms with Crippen LogP contribution in [0, 0.1) is 6.92 Å².